The molecule has 88 valence electrons. The van der Waals surface area contributed by atoms with Crippen LogP contribution in [0.2, 0.25) is 0 Å². The summed E-state index contributed by atoms with van der Waals surface area (Å²) in [4.78, 5) is 13.5. The Morgan fingerprint density at radius 3 is 2.94 bits per heavy atom. The summed E-state index contributed by atoms with van der Waals surface area (Å²) >= 11 is 0. The zero-order valence-corrected chi connectivity index (χ0v) is 10.1. The van der Waals surface area contributed by atoms with Gasteiger partial charge in [0.15, 0.2) is 0 Å². The minimum Gasteiger partial charge on any atom is -0.373 e. The second-order valence-electron chi connectivity index (χ2n) is 4.31. The van der Waals surface area contributed by atoms with Gasteiger partial charge >= 0.3 is 0 Å². The Morgan fingerprint density at radius 2 is 2.19 bits per heavy atom. The lowest BCUT2D eigenvalue weighted by molar-refractivity contribution is 0.110. The molecule has 2 heterocycles. The molecule has 1 aliphatic heterocycles. The summed E-state index contributed by atoms with van der Waals surface area (Å²) in [6.07, 6.45) is 1.82. The molecular weight excluding hydrogens is 202 g/mol. The quantitative estimate of drug-likeness (QED) is 0.785. The van der Waals surface area contributed by atoms with Crippen molar-refractivity contribution in [3.05, 3.63) is 18.1 Å². The van der Waals surface area contributed by atoms with Gasteiger partial charge in [0, 0.05) is 32.9 Å². The predicted molar refractivity (Wildman–Crippen MR) is 64.4 cm³/mol. The third-order valence-electron chi connectivity index (χ3n) is 3.08. The molecule has 1 unspecified atom stereocenters. The van der Waals surface area contributed by atoms with Crippen LogP contribution in [0.3, 0.4) is 0 Å². The van der Waals surface area contributed by atoms with Gasteiger partial charge < -0.3 is 10.2 Å². The molecule has 1 aromatic heterocycles. The molecule has 2 rings (SSSR count). The van der Waals surface area contributed by atoms with Gasteiger partial charge in [-0.3, -0.25) is 4.90 Å². The van der Waals surface area contributed by atoms with Crippen molar-refractivity contribution < 1.29 is 0 Å². The highest BCUT2D eigenvalue weighted by Crippen LogP contribution is 2.20. The van der Waals surface area contributed by atoms with Crippen molar-refractivity contribution >= 4 is 5.82 Å². The van der Waals surface area contributed by atoms with E-state index in [2.05, 4.69) is 39.2 Å². The van der Waals surface area contributed by atoms with Crippen molar-refractivity contribution in [2.45, 2.75) is 6.04 Å². The highest BCUT2D eigenvalue weighted by molar-refractivity contribution is 5.32. The molecule has 1 saturated heterocycles. The summed E-state index contributed by atoms with van der Waals surface area (Å²) in [5, 5.41) is 3.05. The van der Waals surface area contributed by atoms with Gasteiger partial charge in [0.2, 0.25) is 0 Å². The minimum absolute atomic E-state index is 0.298. The van der Waals surface area contributed by atoms with Gasteiger partial charge in [-0.15, -0.1) is 0 Å². The van der Waals surface area contributed by atoms with E-state index in [1.54, 1.807) is 0 Å². The lowest BCUT2D eigenvalue weighted by Gasteiger charge is -2.36. The molecule has 0 aromatic carbocycles. The van der Waals surface area contributed by atoms with Gasteiger partial charge in [-0.05, 0) is 20.2 Å². The topological polar surface area (TPSA) is 44.3 Å². The van der Waals surface area contributed by atoms with Crippen LogP contribution in [-0.4, -0.2) is 60.5 Å². The first-order valence-electron chi connectivity index (χ1n) is 5.60. The fraction of sp³-hybridized carbons (Fsp3) is 0.636. The van der Waals surface area contributed by atoms with Crippen LogP contribution in [0.15, 0.2) is 12.3 Å². The van der Waals surface area contributed by atoms with Gasteiger partial charge in [-0.2, -0.15) is 0 Å². The van der Waals surface area contributed by atoms with E-state index in [1.165, 1.54) is 0 Å². The van der Waals surface area contributed by atoms with E-state index in [4.69, 9.17) is 0 Å². The van der Waals surface area contributed by atoms with Gasteiger partial charge in [-0.25, -0.2) is 9.97 Å². The smallest absolute Gasteiger partial charge is 0.149 e. The maximum absolute atomic E-state index is 4.51. The van der Waals surface area contributed by atoms with Crippen molar-refractivity contribution in [2.24, 2.45) is 0 Å². The van der Waals surface area contributed by atoms with Crippen molar-refractivity contribution in [1.82, 2.24) is 19.8 Å². The van der Waals surface area contributed by atoms with E-state index in [0.29, 0.717) is 6.04 Å². The van der Waals surface area contributed by atoms with Gasteiger partial charge in [0.25, 0.3) is 0 Å². The molecular formula is C11H19N5. The lowest BCUT2D eigenvalue weighted by atomic mass is 10.1. The molecule has 1 aliphatic rings. The predicted octanol–water partition coefficient (Wildman–Crippen LogP) is 0.437. The highest BCUT2D eigenvalue weighted by atomic mass is 15.3. The average Bonchev–Trinajstić information content (AvgIpc) is 2.32. The molecule has 1 atom stereocenters. The van der Waals surface area contributed by atoms with Crippen LogP contribution in [0.4, 0.5) is 5.82 Å². The van der Waals surface area contributed by atoms with Crippen LogP contribution in [0.5, 0.6) is 0 Å². The van der Waals surface area contributed by atoms with Crippen LogP contribution < -0.4 is 5.32 Å². The van der Waals surface area contributed by atoms with E-state index in [9.17, 15) is 0 Å². The average molecular weight is 221 g/mol. The molecule has 1 fully saturated rings. The second-order valence-corrected chi connectivity index (χ2v) is 4.31. The van der Waals surface area contributed by atoms with Crippen LogP contribution in [0, 0.1) is 0 Å². The van der Waals surface area contributed by atoms with Crippen molar-refractivity contribution in [3.63, 3.8) is 0 Å². The van der Waals surface area contributed by atoms with Gasteiger partial charge in [0.05, 0.1) is 6.04 Å². The number of aromatic nitrogens is 2. The summed E-state index contributed by atoms with van der Waals surface area (Å²) in [5.74, 6) is 1.78. The fourth-order valence-electron chi connectivity index (χ4n) is 1.96. The Balaban J connectivity index is 2.20. The summed E-state index contributed by atoms with van der Waals surface area (Å²) in [6, 6.07) is 2.18. The molecule has 0 spiro atoms. The van der Waals surface area contributed by atoms with Crippen LogP contribution in [0.1, 0.15) is 11.9 Å². The second kappa shape index (κ2) is 4.76. The van der Waals surface area contributed by atoms with E-state index < -0.39 is 0 Å². The number of nitrogens with zero attached hydrogens (tertiary/aromatic N) is 4. The molecule has 0 saturated carbocycles. The van der Waals surface area contributed by atoms with E-state index >= 15 is 0 Å². The summed E-state index contributed by atoms with van der Waals surface area (Å²) in [7, 11) is 6.15. The third-order valence-corrected chi connectivity index (χ3v) is 3.08. The maximum atomic E-state index is 4.51. The number of piperazine rings is 1. The minimum atomic E-state index is 0.298. The summed E-state index contributed by atoms with van der Waals surface area (Å²) < 4.78 is 0. The van der Waals surface area contributed by atoms with Crippen LogP contribution >= 0.6 is 0 Å². The Kier molecular flexibility index (Phi) is 3.36. The van der Waals surface area contributed by atoms with E-state index in [1.807, 2.05) is 19.3 Å². The molecule has 0 radical (unpaired) electrons. The Morgan fingerprint density at radius 1 is 1.38 bits per heavy atom. The first kappa shape index (κ1) is 11.3. The molecule has 1 N–H and O–H groups in total. The number of likely N-dealkylation sites (N-methyl/N-ethyl adjacent to an activating group) is 2. The number of hydrogen-bond acceptors (Lipinski definition) is 5. The summed E-state index contributed by atoms with van der Waals surface area (Å²) in [5.41, 5.74) is 0. The molecule has 1 aromatic rings. The van der Waals surface area contributed by atoms with Crippen molar-refractivity contribution in [1.29, 1.82) is 0 Å². The Bertz CT molecular complexity index is 354. The van der Waals surface area contributed by atoms with Crippen LogP contribution in [0.25, 0.3) is 0 Å². The van der Waals surface area contributed by atoms with Crippen LogP contribution in [-0.2, 0) is 0 Å². The zero-order valence-electron chi connectivity index (χ0n) is 10.1. The van der Waals surface area contributed by atoms with Crippen molar-refractivity contribution in [2.75, 3.05) is 46.1 Å². The molecule has 0 amide bonds. The molecule has 0 aliphatic carbocycles. The first-order valence-corrected chi connectivity index (χ1v) is 5.60. The van der Waals surface area contributed by atoms with Crippen molar-refractivity contribution in [3.8, 4) is 0 Å². The standard InChI is InChI=1S/C11H19N5/c1-12-10-4-5-13-11(14-10)9-8-15(2)6-7-16(9)3/h4-5,9H,6-8H2,1-3H3,(H,12,13,14). The zero-order chi connectivity index (χ0) is 11.5. The molecule has 0 bridgehead atoms. The number of rotatable bonds is 2. The van der Waals surface area contributed by atoms with E-state index in [-0.39, 0.29) is 0 Å². The maximum Gasteiger partial charge on any atom is 0.149 e. The SMILES string of the molecule is CNc1ccnc(C2CN(C)CCN2C)n1. The van der Waals surface area contributed by atoms with Gasteiger partial charge in [0.1, 0.15) is 11.6 Å². The summed E-state index contributed by atoms with van der Waals surface area (Å²) in [6.45, 7) is 3.16. The fourth-order valence-corrected chi connectivity index (χ4v) is 1.96. The Hall–Kier alpha value is -1.20. The van der Waals surface area contributed by atoms with E-state index in [0.717, 1.165) is 31.3 Å². The van der Waals surface area contributed by atoms with Gasteiger partial charge in [-0.1, -0.05) is 0 Å². The number of hydrogen-bond donors (Lipinski definition) is 1. The molecule has 16 heavy (non-hydrogen) atoms. The Labute approximate surface area is 96.5 Å². The third kappa shape index (κ3) is 2.31. The first-order chi connectivity index (χ1) is 7.70. The monoisotopic (exact) mass is 221 g/mol. The molecule has 5 nitrogen and oxygen atoms in total. The number of nitrogens with one attached hydrogen (secondary N) is 1. The highest BCUT2D eigenvalue weighted by Gasteiger charge is 2.25. The normalized spacial score (nSPS) is 23.3. The largest absolute Gasteiger partial charge is 0.373 e. The molecule has 5 heteroatoms. The number of anilines is 1. The lowest BCUT2D eigenvalue weighted by Crippen LogP contribution is -2.45.